The fraction of sp³-hybridized carbons (Fsp3) is 0.375. The Hall–Kier alpha value is -2.14. The van der Waals surface area contributed by atoms with Crippen molar-refractivity contribution in [1.29, 1.82) is 0 Å². The van der Waals surface area contributed by atoms with Crippen molar-refractivity contribution in [3.05, 3.63) is 23.8 Å². The highest BCUT2D eigenvalue weighted by atomic mass is 16.5. The van der Waals surface area contributed by atoms with Gasteiger partial charge in [-0.1, -0.05) is 5.92 Å². The van der Waals surface area contributed by atoms with E-state index in [1.807, 2.05) is 0 Å². The number of quaternary nitrogens is 1. The summed E-state index contributed by atoms with van der Waals surface area (Å²) in [4.78, 5) is 1.44. The van der Waals surface area contributed by atoms with Crippen LogP contribution in [-0.4, -0.2) is 45.1 Å². The maximum atomic E-state index is 9.47. The van der Waals surface area contributed by atoms with Crippen LogP contribution in [0.15, 0.2) is 18.2 Å². The zero-order valence-electron chi connectivity index (χ0n) is 11.5. The monoisotopic (exact) mass is 272 g/mol. The topological polar surface area (TPSA) is 43.1 Å². The molecule has 104 valence electrons. The molecule has 0 spiro atoms. The third kappa shape index (κ3) is 4.20. The normalized spacial score (nSPS) is 14.7. The van der Waals surface area contributed by atoms with E-state index in [9.17, 15) is 5.11 Å². The Morgan fingerprint density at radius 3 is 2.85 bits per heavy atom. The third-order valence-corrected chi connectivity index (χ3v) is 3.08. The molecule has 0 aromatic heterocycles. The second-order valence-corrected chi connectivity index (χ2v) is 4.48. The molecule has 1 aliphatic rings. The molecular weight excluding hydrogens is 254 g/mol. The van der Waals surface area contributed by atoms with E-state index >= 15 is 0 Å². The molecule has 4 nitrogen and oxygen atoms in total. The predicted octanol–water partition coefficient (Wildman–Crippen LogP) is -0.329. The zero-order valence-corrected chi connectivity index (χ0v) is 11.5. The summed E-state index contributed by atoms with van der Waals surface area (Å²) < 4.78 is 10.3. The summed E-state index contributed by atoms with van der Waals surface area (Å²) >= 11 is 0. The second kappa shape index (κ2) is 7.45. The van der Waals surface area contributed by atoms with Crippen molar-refractivity contribution in [3.8, 4) is 35.2 Å². The fourth-order valence-electron chi connectivity index (χ4n) is 1.91. The van der Waals surface area contributed by atoms with E-state index in [1.54, 1.807) is 18.2 Å². The molecule has 1 aliphatic heterocycles. The van der Waals surface area contributed by atoms with Gasteiger partial charge in [-0.15, -0.1) is 0 Å². The molecule has 20 heavy (non-hydrogen) atoms. The highest BCUT2D eigenvalue weighted by molar-refractivity contribution is 5.49. The molecule has 0 aliphatic carbocycles. The molecule has 1 heterocycles. The van der Waals surface area contributed by atoms with Crippen LogP contribution in [-0.2, 0) is 4.74 Å². The minimum atomic E-state index is 0.111. The van der Waals surface area contributed by atoms with Gasteiger partial charge in [-0.05, 0) is 36.0 Å². The predicted molar refractivity (Wildman–Crippen MR) is 75.7 cm³/mol. The van der Waals surface area contributed by atoms with Crippen LogP contribution in [0.2, 0.25) is 0 Å². The molecule has 1 fully saturated rings. The molecule has 1 aromatic rings. The van der Waals surface area contributed by atoms with Gasteiger partial charge in [-0.25, -0.2) is 0 Å². The number of hydrogen-bond acceptors (Lipinski definition) is 3. The number of ether oxygens (including phenoxy) is 2. The van der Waals surface area contributed by atoms with Crippen LogP contribution in [0, 0.1) is 23.7 Å². The van der Waals surface area contributed by atoms with Gasteiger partial charge in [-0.2, -0.15) is 0 Å². The lowest BCUT2D eigenvalue weighted by Gasteiger charge is -2.21. The Morgan fingerprint density at radius 2 is 2.10 bits per heavy atom. The average Bonchev–Trinajstić information content (AvgIpc) is 2.49. The third-order valence-electron chi connectivity index (χ3n) is 3.08. The molecule has 2 N–H and O–H groups in total. The Balaban J connectivity index is 1.91. The first kappa shape index (κ1) is 14.3. The van der Waals surface area contributed by atoms with Crippen LogP contribution in [0.4, 0.5) is 0 Å². The lowest BCUT2D eigenvalue weighted by Crippen LogP contribution is -3.14. The van der Waals surface area contributed by atoms with E-state index in [4.69, 9.17) is 9.47 Å². The standard InChI is InChI=1S/C16H17NO3/c1-19-16-13-14(6-7-15(16)18)5-3-2-4-8-17-9-11-20-12-10-17/h6-7,13,18H,8-12H2,1H3/p+1. The number of aromatic hydroxyl groups is 1. The van der Waals surface area contributed by atoms with Crippen LogP contribution in [0.1, 0.15) is 5.56 Å². The summed E-state index contributed by atoms with van der Waals surface area (Å²) in [5, 5.41) is 9.47. The van der Waals surface area contributed by atoms with Crippen molar-refractivity contribution in [2.24, 2.45) is 0 Å². The number of rotatable bonds is 2. The first-order chi connectivity index (χ1) is 9.79. The summed E-state index contributed by atoms with van der Waals surface area (Å²) in [7, 11) is 1.51. The van der Waals surface area contributed by atoms with Gasteiger partial charge in [0.1, 0.15) is 19.6 Å². The molecule has 0 atom stereocenters. The number of morpholine rings is 1. The van der Waals surface area contributed by atoms with Gasteiger partial charge in [0, 0.05) is 5.56 Å². The highest BCUT2D eigenvalue weighted by Crippen LogP contribution is 2.25. The van der Waals surface area contributed by atoms with Crippen LogP contribution >= 0.6 is 0 Å². The summed E-state index contributed by atoms with van der Waals surface area (Å²) in [6.07, 6.45) is 0. The maximum Gasteiger partial charge on any atom is 0.161 e. The van der Waals surface area contributed by atoms with E-state index in [0.29, 0.717) is 5.75 Å². The van der Waals surface area contributed by atoms with Crippen molar-refractivity contribution < 1.29 is 19.5 Å². The SMILES string of the molecule is COc1cc(C#CC#CC[NH+]2CCOCC2)ccc1O. The van der Waals surface area contributed by atoms with Crippen LogP contribution < -0.4 is 9.64 Å². The van der Waals surface area contributed by atoms with Gasteiger partial charge in [0.2, 0.25) is 0 Å². The van der Waals surface area contributed by atoms with Gasteiger partial charge < -0.3 is 19.5 Å². The Morgan fingerprint density at radius 1 is 1.30 bits per heavy atom. The molecule has 0 unspecified atom stereocenters. The Kier molecular flexibility index (Phi) is 5.32. The number of methoxy groups -OCH3 is 1. The van der Waals surface area contributed by atoms with Crippen LogP contribution in [0.25, 0.3) is 0 Å². The van der Waals surface area contributed by atoms with Gasteiger partial charge >= 0.3 is 0 Å². The van der Waals surface area contributed by atoms with Crippen molar-refractivity contribution in [2.75, 3.05) is 40.0 Å². The van der Waals surface area contributed by atoms with E-state index in [-0.39, 0.29) is 5.75 Å². The minimum Gasteiger partial charge on any atom is -0.504 e. The zero-order chi connectivity index (χ0) is 14.2. The lowest BCUT2D eigenvalue weighted by atomic mass is 10.2. The average molecular weight is 272 g/mol. The fourth-order valence-corrected chi connectivity index (χ4v) is 1.91. The summed E-state index contributed by atoms with van der Waals surface area (Å²) in [6, 6.07) is 4.99. The molecular formula is C16H18NO3+. The maximum absolute atomic E-state index is 9.47. The highest BCUT2D eigenvalue weighted by Gasteiger charge is 2.11. The van der Waals surface area contributed by atoms with E-state index in [2.05, 4.69) is 23.7 Å². The van der Waals surface area contributed by atoms with Crippen molar-refractivity contribution >= 4 is 0 Å². The number of nitrogens with one attached hydrogen (secondary N) is 1. The largest absolute Gasteiger partial charge is 0.504 e. The molecule has 4 heteroatoms. The van der Waals surface area contributed by atoms with Crippen LogP contribution in [0.5, 0.6) is 11.5 Å². The molecule has 2 rings (SSSR count). The van der Waals surface area contributed by atoms with E-state index in [1.165, 1.54) is 12.0 Å². The van der Waals surface area contributed by atoms with Gasteiger partial charge in [0.15, 0.2) is 11.5 Å². The molecule has 1 aromatic carbocycles. The summed E-state index contributed by atoms with van der Waals surface area (Å²) in [5.41, 5.74) is 0.771. The molecule has 0 saturated carbocycles. The Bertz CT molecular complexity index is 569. The number of phenols is 1. The lowest BCUT2D eigenvalue weighted by molar-refractivity contribution is -0.900. The molecule has 0 amide bonds. The number of phenolic OH excluding ortho intramolecular Hbond substituents is 1. The Labute approximate surface area is 119 Å². The van der Waals surface area contributed by atoms with Crippen molar-refractivity contribution in [3.63, 3.8) is 0 Å². The summed E-state index contributed by atoms with van der Waals surface area (Å²) in [5.74, 6) is 12.2. The first-order valence-corrected chi connectivity index (χ1v) is 6.57. The molecule has 0 radical (unpaired) electrons. The van der Waals surface area contributed by atoms with Gasteiger partial charge in [0.05, 0.1) is 20.3 Å². The van der Waals surface area contributed by atoms with E-state index < -0.39 is 0 Å². The van der Waals surface area contributed by atoms with Crippen LogP contribution in [0.3, 0.4) is 0 Å². The molecule has 0 bridgehead atoms. The van der Waals surface area contributed by atoms with Gasteiger partial charge in [-0.3, -0.25) is 0 Å². The number of hydrogen-bond donors (Lipinski definition) is 2. The smallest absolute Gasteiger partial charge is 0.161 e. The van der Waals surface area contributed by atoms with E-state index in [0.717, 1.165) is 38.4 Å². The summed E-state index contributed by atoms with van der Waals surface area (Å²) in [6.45, 7) is 4.46. The second-order valence-electron chi connectivity index (χ2n) is 4.48. The quantitative estimate of drug-likeness (QED) is 0.725. The number of benzene rings is 1. The first-order valence-electron chi connectivity index (χ1n) is 6.57. The van der Waals surface area contributed by atoms with Crippen molar-refractivity contribution in [1.82, 2.24) is 0 Å². The minimum absolute atomic E-state index is 0.111. The molecule has 1 saturated heterocycles. The van der Waals surface area contributed by atoms with Crippen molar-refractivity contribution in [2.45, 2.75) is 0 Å². The van der Waals surface area contributed by atoms with Gasteiger partial charge in [0.25, 0.3) is 0 Å².